The van der Waals surface area contributed by atoms with Crippen molar-refractivity contribution in [3.63, 3.8) is 0 Å². The minimum absolute atomic E-state index is 0.197. The Labute approximate surface area is 131 Å². The highest BCUT2D eigenvalue weighted by atomic mass is 32.1. The van der Waals surface area contributed by atoms with Crippen molar-refractivity contribution < 1.29 is 18.7 Å². The molecule has 0 fully saturated rings. The smallest absolute Gasteiger partial charge is 0.341 e. The van der Waals surface area contributed by atoms with E-state index in [-0.39, 0.29) is 5.56 Å². The molecule has 0 aliphatic carbocycles. The molecular formula is C16H16FNO3S. The Hall–Kier alpha value is -2.21. The summed E-state index contributed by atoms with van der Waals surface area (Å²) in [6, 6.07) is 4.26. The van der Waals surface area contributed by atoms with E-state index in [1.165, 1.54) is 30.6 Å². The molecule has 0 spiro atoms. The number of hydrogen-bond donors (Lipinski definition) is 1. The number of methoxy groups -OCH3 is 1. The van der Waals surface area contributed by atoms with Crippen LogP contribution in [0, 0.1) is 26.6 Å². The number of thiophene rings is 1. The summed E-state index contributed by atoms with van der Waals surface area (Å²) in [6.45, 7) is 5.27. The summed E-state index contributed by atoms with van der Waals surface area (Å²) < 4.78 is 18.3. The van der Waals surface area contributed by atoms with E-state index in [1.54, 1.807) is 19.9 Å². The first-order chi connectivity index (χ1) is 10.3. The van der Waals surface area contributed by atoms with Crippen molar-refractivity contribution in [3.05, 3.63) is 51.1 Å². The van der Waals surface area contributed by atoms with Crippen molar-refractivity contribution >= 4 is 28.2 Å². The fourth-order valence-corrected chi connectivity index (χ4v) is 3.02. The van der Waals surface area contributed by atoms with Crippen LogP contribution in [0.3, 0.4) is 0 Å². The number of anilines is 1. The van der Waals surface area contributed by atoms with Gasteiger partial charge in [0.15, 0.2) is 0 Å². The van der Waals surface area contributed by atoms with Gasteiger partial charge in [-0.1, -0.05) is 6.07 Å². The maximum atomic E-state index is 13.6. The van der Waals surface area contributed by atoms with Gasteiger partial charge in [0.05, 0.1) is 12.7 Å². The SMILES string of the molecule is COC(=O)c1c(NC(=O)c2ccc(C)c(F)c2)sc(C)c1C. The molecule has 0 aliphatic heterocycles. The molecule has 2 rings (SSSR count). The minimum atomic E-state index is -0.507. The summed E-state index contributed by atoms with van der Waals surface area (Å²) in [4.78, 5) is 25.0. The number of carbonyl (C=O) groups excluding carboxylic acids is 2. The summed E-state index contributed by atoms with van der Waals surface area (Å²) in [6.07, 6.45) is 0. The summed E-state index contributed by atoms with van der Waals surface area (Å²) in [5.41, 5.74) is 1.77. The molecule has 0 radical (unpaired) electrons. The highest BCUT2D eigenvalue weighted by Gasteiger charge is 2.22. The largest absolute Gasteiger partial charge is 0.465 e. The van der Waals surface area contributed by atoms with E-state index in [0.29, 0.717) is 16.1 Å². The summed E-state index contributed by atoms with van der Waals surface area (Å²) in [5.74, 6) is -1.42. The Bertz CT molecular complexity index is 752. The van der Waals surface area contributed by atoms with Gasteiger partial charge in [-0.2, -0.15) is 0 Å². The fraction of sp³-hybridized carbons (Fsp3) is 0.250. The first-order valence-electron chi connectivity index (χ1n) is 6.61. The van der Waals surface area contributed by atoms with Crippen molar-refractivity contribution in [2.45, 2.75) is 20.8 Å². The zero-order valence-corrected chi connectivity index (χ0v) is 13.6. The number of benzene rings is 1. The lowest BCUT2D eigenvalue weighted by Crippen LogP contribution is -2.14. The maximum Gasteiger partial charge on any atom is 0.341 e. The van der Waals surface area contributed by atoms with Gasteiger partial charge in [0.25, 0.3) is 5.91 Å². The third-order valence-corrected chi connectivity index (χ3v) is 4.56. The van der Waals surface area contributed by atoms with E-state index >= 15 is 0 Å². The Balaban J connectivity index is 2.34. The molecule has 1 aromatic carbocycles. The lowest BCUT2D eigenvalue weighted by Gasteiger charge is -2.07. The van der Waals surface area contributed by atoms with E-state index in [9.17, 15) is 14.0 Å². The fourth-order valence-electron chi connectivity index (χ4n) is 1.97. The van der Waals surface area contributed by atoms with Crippen LogP contribution in [0.25, 0.3) is 0 Å². The third kappa shape index (κ3) is 3.01. The molecule has 1 N–H and O–H groups in total. The first-order valence-corrected chi connectivity index (χ1v) is 7.42. The van der Waals surface area contributed by atoms with Crippen molar-refractivity contribution in [1.29, 1.82) is 0 Å². The van der Waals surface area contributed by atoms with Crippen molar-refractivity contribution in [2.75, 3.05) is 12.4 Å². The first kappa shape index (κ1) is 16.2. The average Bonchev–Trinajstić information content (AvgIpc) is 2.75. The minimum Gasteiger partial charge on any atom is -0.465 e. The monoisotopic (exact) mass is 321 g/mol. The molecule has 0 atom stereocenters. The van der Waals surface area contributed by atoms with Crippen LogP contribution >= 0.6 is 11.3 Å². The van der Waals surface area contributed by atoms with Gasteiger partial charge in [-0.15, -0.1) is 11.3 Å². The average molecular weight is 321 g/mol. The molecule has 4 nitrogen and oxygen atoms in total. The van der Waals surface area contributed by atoms with Crippen LogP contribution in [0.1, 0.15) is 36.7 Å². The van der Waals surface area contributed by atoms with Gasteiger partial charge in [0, 0.05) is 10.4 Å². The Morgan fingerprint density at radius 1 is 1.23 bits per heavy atom. The van der Waals surface area contributed by atoms with Crippen molar-refractivity contribution in [1.82, 2.24) is 0 Å². The molecule has 1 aromatic heterocycles. The van der Waals surface area contributed by atoms with Crippen LogP contribution in [0.5, 0.6) is 0 Å². The number of amides is 1. The second kappa shape index (κ2) is 6.27. The number of carbonyl (C=O) groups is 2. The van der Waals surface area contributed by atoms with E-state index in [4.69, 9.17) is 4.74 Å². The molecule has 0 bridgehead atoms. The predicted molar refractivity (Wildman–Crippen MR) is 84.2 cm³/mol. The number of hydrogen-bond acceptors (Lipinski definition) is 4. The lowest BCUT2D eigenvalue weighted by atomic mass is 10.1. The van der Waals surface area contributed by atoms with E-state index in [0.717, 1.165) is 10.4 Å². The van der Waals surface area contributed by atoms with Gasteiger partial charge in [-0.05, 0) is 44.0 Å². The second-order valence-corrected chi connectivity index (χ2v) is 6.12. The van der Waals surface area contributed by atoms with Crippen LogP contribution in [-0.4, -0.2) is 19.0 Å². The van der Waals surface area contributed by atoms with Crippen molar-refractivity contribution in [2.24, 2.45) is 0 Å². The maximum absolute atomic E-state index is 13.6. The number of halogens is 1. The van der Waals surface area contributed by atoms with Gasteiger partial charge >= 0.3 is 5.97 Å². The zero-order valence-electron chi connectivity index (χ0n) is 12.7. The number of aryl methyl sites for hydroxylation is 2. The molecule has 22 heavy (non-hydrogen) atoms. The van der Waals surface area contributed by atoms with Gasteiger partial charge < -0.3 is 10.1 Å². The summed E-state index contributed by atoms with van der Waals surface area (Å²) in [7, 11) is 1.29. The molecule has 2 aromatic rings. The van der Waals surface area contributed by atoms with Crippen LogP contribution in [0.2, 0.25) is 0 Å². The van der Waals surface area contributed by atoms with E-state index in [1.807, 2.05) is 6.92 Å². The Morgan fingerprint density at radius 3 is 2.50 bits per heavy atom. The molecule has 6 heteroatoms. The lowest BCUT2D eigenvalue weighted by molar-refractivity contribution is 0.0601. The molecule has 0 aliphatic rings. The van der Waals surface area contributed by atoms with Crippen LogP contribution in [0.4, 0.5) is 9.39 Å². The van der Waals surface area contributed by atoms with Crippen LogP contribution in [-0.2, 0) is 4.74 Å². The number of esters is 1. The highest BCUT2D eigenvalue weighted by molar-refractivity contribution is 7.16. The topological polar surface area (TPSA) is 55.4 Å². The predicted octanol–water partition coefficient (Wildman–Crippen LogP) is 3.85. The molecule has 0 saturated heterocycles. The van der Waals surface area contributed by atoms with Gasteiger partial charge in [0.2, 0.25) is 0 Å². The van der Waals surface area contributed by atoms with Crippen LogP contribution in [0.15, 0.2) is 18.2 Å². The highest BCUT2D eigenvalue weighted by Crippen LogP contribution is 2.33. The quantitative estimate of drug-likeness (QED) is 0.874. The molecule has 0 unspecified atom stereocenters. The third-order valence-electron chi connectivity index (χ3n) is 3.44. The van der Waals surface area contributed by atoms with Crippen molar-refractivity contribution in [3.8, 4) is 0 Å². The number of nitrogens with one attached hydrogen (secondary N) is 1. The second-order valence-electron chi connectivity index (χ2n) is 4.90. The number of ether oxygens (including phenoxy) is 1. The number of rotatable bonds is 3. The molecule has 1 amide bonds. The molecule has 116 valence electrons. The van der Waals surface area contributed by atoms with Crippen LogP contribution < -0.4 is 5.32 Å². The summed E-state index contributed by atoms with van der Waals surface area (Å²) >= 11 is 1.29. The zero-order chi connectivity index (χ0) is 16.4. The van der Waals surface area contributed by atoms with Gasteiger partial charge in [0.1, 0.15) is 10.8 Å². The Kier molecular flexibility index (Phi) is 4.61. The molecule has 1 heterocycles. The van der Waals surface area contributed by atoms with Gasteiger partial charge in [-0.3, -0.25) is 4.79 Å². The molecular weight excluding hydrogens is 305 g/mol. The molecule has 0 saturated carbocycles. The Morgan fingerprint density at radius 2 is 1.91 bits per heavy atom. The summed E-state index contributed by atoms with van der Waals surface area (Å²) in [5, 5.41) is 3.07. The van der Waals surface area contributed by atoms with Gasteiger partial charge in [-0.25, -0.2) is 9.18 Å². The standard InChI is InChI=1S/C16H16FNO3S/c1-8-5-6-11(7-12(8)17)14(19)18-15-13(16(20)21-4)9(2)10(3)22-15/h5-7H,1-4H3,(H,18,19). The normalized spacial score (nSPS) is 10.4. The van der Waals surface area contributed by atoms with E-state index in [2.05, 4.69) is 5.32 Å². The van der Waals surface area contributed by atoms with E-state index < -0.39 is 17.7 Å².